The third kappa shape index (κ3) is 3.99. The minimum atomic E-state index is -0.0337. The number of benzene rings is 1. The van der Waals surface area contributed by atoms with E-state index in [0.29, 0.717) is 31.4 Å². The molecule has 0 aliphatic rings. The van der Waals surface area contributed by atoms with E-state index in [1.165, 1.54) is 0 Å². The van der Waals surface area contributed by atoms with E-state index in [1.54, 1.807) is 4.57 Å². The Kier molecular flexibility index (Phi) is 5.78. The van der Waals surface area contributed by atoms with Gasteiger partial charge in [-0.15, -0.1) is 0 Å². The molecule has 1 amide bonds. The second-order valence-electron chi connectivity index (χ2n) is 6.61. The second-order valence-corrected chi connectivity index (χ2v) is 7.53. The standard InChI is InChI=1S/C19H23BrN4O2/c1-22(2)12-9-21-18(25)6-4-11-24-17-13-14(20)7-8-15(17)23-10-3-5-16(23)19(24)26/h3,5,7-8,10,13H,4,6,9,11-12H2,1-2H3,(H,21,25). The fraction of sp³-hybridized carbons (Fsp3) is 0.368. The maximum atomic E-state index is 12.9. The molecule has 0 aliphatic heterocycles. The topological polar surface area (TPSA) is 58.8 Å². The molecular weight excluding hydrogens is 396 g/mol. The summed E-state index contributed by atoms with van der Waals surface area (Å²) in [5, 5.41) is 2.91. The van der Waals surface area contributed by atoms with Gasteiger partial charge in [-0.05, 0) is 50.8 Å². The van der Waals surface area contributed by atoms with Gasteiger partial charge in [0.1, 0.15) is 5.52 Å². The summed E-state index contributed by atoms with van der Waals surface area (Å²) in [6, 6.07) is 9.62. The van der Waals surface area contributed by atoms with E-state index in [0.717, 1.165) is 22.1 Å². The highest BCUT2D eigenvalue weighted by molar-refractivity contribution is 9.10. The van der Waals surface area contributed by atoms with Crippen molar-refractivity contribution in [2.45, 2.75) is 19.4 Å². The summed E-state index contributed by atoms with van der Waals surface area (Å²) in [5.41, 5.74) is 2.45. The number of rotatable bonds is 7. The van der Waals surface area contributed by atoms with Crippen molar-refractivity contribution < 1.29 is 4.79 Å². The van der Waals surface area contributed by atoms with Gasteiger partial charge in [0.05, 0.1) is 11.0 Å². The lowest BCUT2D eigenvalue weighted by molar-refractivity contribution is -0.121. The summed E-state index contributed by atoms with van der Waals surface area (Å²) in [6.45, 7) is 1.96. The van der Waals surface area contributed by atoms with Gasteiger partial charge in [-0.25, -0.2) is 0 Å². The predicted octanol–water partition coefficient (Wildman–Crippen LogP) is 2.47. The van der Waals surface area contributed by atoms with Crippen LogP contribution in [0.15, 0.2) is 45.8 Å². The molecule has 1 aromatic carbocycles. The first kappa shape index (κ1) is 18.7. The van der Waals surface area contributed by atoms with Crippen LogP contribution in [0.25, 0.3) is 16.6 Å². The predicted molar refractivity (Wildman–Crippen MR) is 108 cm³/mol. The van der Waals surface area contributed by atoms with Crippen LogP contribution in [0.1, 0.15) is 12.8 Å². The van der Waals surface area contributed by atoms with Gasteiger partial charge in [-0.1, -0.05) is 15.9 Å². The number of halogens is 1. The van der Waals surface area contributed by atoms with Gasteiger partial charge in [-0.3, -0.25) is 9.59 Å². The highest BCUT2D eigenvalue weighted by Gasteiger charge is 2.11. The summed E-state index contributed by atoms with van der Waals surface area (Å²) in [7, 11) is 3.94. The molecule has 26 heavy (non-hydrogen) atoms. The Labute approximate surface area is 160 Å². The van der Waals surface area contributed by atoms with E-state index in [-0.39, 0.29) is 11.5 Å². The summed E-state index contributed by atoms with van der Waals surface area (Å²) in [5.74, 6) is 0.0224. The Morgan fingerprint density at radius 3 is 2.77 bits per heavy atom. The fourth-order valence-corrected chi connectivity index (χ4v) is 3.41. The maximum Gasteiger partial charge on any atom is 0.275 e. The van der Waals surface area contributed by atoms with Crippen molar-refractivity contribution in [1.29, 1.82) is 0 Å². The van der Waals surface area contributed by atoms with Gasteiger partial charge in [0.25, 0.3) is 5.56 Å². The van der Waals surface area contributed by atoms with E-state index in [9.17, 15) is 9.59 Å². The minimum Gasteiger partial charge on any atom is -0.355 e. The number of carbonyl (C=O) groups is 1. The van der Waals surface area contributed by atoms with Gasteiger partial charge in [0.2, 0.25) is 5.91 Å². The van der Waals surface area contributed by atoms with E-state index < -0.39 is 0 Å². The number of nitrogens with zero attached hydrogens (tertiary/aromatic N) is 3. The molecule has 0 radical (unpaired) electrons. The Balaban J connectivity index is 1.78. The molecule has 2 aromatic heterocycles. The number of likely N-dealkylation sites (N-methyl/N-ethyl adjacent to an activating group) is 1. The molecule has 1 N–H and O–H groups in total. The van der Waals surface area contributed by atoms with Crippen LogP contribution < -0.4 is 10.9 Å². The van der Waals surface area contributed by atoms with Crippen molar-refractivity contribution in [3.63, 3.8) is 0 Å². The zero-order valence-corrected chi connectivity index (χ0v) is 16.6. The molecular formula is C19H23BrN4O2. The molecule has 0 saturated heterocycles. The largest absolute Gasteiger partial charge is 0.355 e. The third-order valence-electron chi connectivity index (χ3n) is 4.37. The molecule has 0 aliphatic carbocycles. The lowest BCUT2D eigenvalue weighted by Crippen LogP contribution is -2.31. The Bertz CT molecular complexity index is 990. The van der Waals surface area contributed by atoms with Crippen molar-refractivity contribution in [3.05, 3.63) is 51.4 Å². The van der Waals surface area contributed by atoms with Crippen LogP contribution in [0.3, 0.4) is 0 Å². The lowest BCUT2D eigenvalue weighted by atomic mass is 10.2. The molecule has 0 unspecified atom stereocenters. The first-order valence-electron chi connectivity index (χ1n) is 8.68. The van der Waals surface area contributed by atoms with Crippen molar-refractivity contribution in [2.24, 2.45) is 0 Å². The van der Waals surface area contributed by atoms with Crippen molar-refractivity contribution in [2.75, 3.05) is 27.2 Å². The molecule has 0 bridgehead atoms. The first-order chi connectivity index (χ1) is 12.5. The van der Waals surface area contributed by atoms with Crippen LogP contribution in [-0.2, 0) is 11.3 Å². The van der Waals surface area contributed by atoms with Gasteiger partial charge in [0, 0.05) is 36.7 Å². The monoisotopic (exact) mass is 418 g/mol. The van der Waals surface area contributed by atoms with Crippen molar-refractivity contribution >= 4 is 38.4 Å². The van der Waals surface area contributed by atoms with E-state index in [1.807, 2.05) is 59.9 Å². The first-order valence-corrected chi connectivity index (χ1v) is 9.47. The second kappa shape index (κ2) is 8.05. The third-order valence-corrected chi connectivity index (χ3v) is 4.86. The maximum absolute atomic E-state index is 12.9. The van der Waals surface area contributed by atoms with E-state index in [4.69, 9.17) is 0 Å². The van der Waals surface area contributed by atoms with Crippen LogP contribution in [0.2, 0.25) is 0 Å². The number of carbonyl (C=O) groups excluding carboxylic acids is 1. The van der Waals surface area contributed by atoms with Crippen LogP contribution in [0.5, 0.6) is 0 Å². The Morgan fingerprint density at radius 2 is 2.00 bits per heavy atom. The lowest BCUT2D eigenvalue weighted by Gasteiger charge is -2.13. The fourth-order valence-electron chi connectivity index (χ4n) is 3.06. The molecule has 2 heterocycles. The van der Waals surface area contributed by atoms with Crippen molar-refractivity contribution in [3.8, 4) is 0 Å². The average Bonchev–Trinajstić information content (AvgIpc) is 3.07. The zero-order chi connectivity index (χ0) is 18.7. The minimum absolute atomic E-state index is 0.0224. The smallest absolute Gasteiger partial charge is 0.275 e. The molecule has 138 valence electrons. The van der Waals surface area contributed by atoms with Gasteiger partial charge in [-0.2, -0.15) is 0 Å². The summed E-state index contributed by atoms with van der Waals surface area (Å²) in [4.78, 5) is 26.8. The highest BCUT2D eigenvalue weighted by Crippen LogP contribution is 2.20. The number of nitrogens with one attached hydrogen (secondary N) is 1. The molecule has 3 rings (SSSR count). The van der Waals surface area contributed by atoms with Gasteiger partial charge in [0.15, 0.2) is 0 Å². The SMILES string of the molecule is CN(C)CCNC(=O)CCCn1c(=O)c2cccn2c2ccc(Br)cc21. The number of aryl methyl sites for hydroxylation is 1. The molecule has 7 heteroatoms. The number of fused-ring (bicyclic) bond motifs is 3. The summed E-state index contributed by atoms with van der Waals surface area (Å²) < 4.78 is 4.60. The summed E-state index contributed by atoms with van der Waals surface area (Å²) in [6.07, 6.45) is 2.92. The van der Waals surface area contributed by atoms with Crippen molar-refractivity contribution in [1.82, 2.24) is 19.2 Å². The summed E-state index contributed by atoms with van der Waals surface area (Å²) >= 11 is 3.48. The normalized spacial score (nSPS) is 11.5. The van der Waals surface area contributed by atoms with Crippen LogP contribution in [0, 0.1) is 0 Å². The van der Waals surface area contributed by atoms with Crippen LogP contribution >= 0.6 is 15.9 Å². The molecule has 0 spiro atoms. The number of aromatic nitrogens is 2. The molecule has 0 atom stereocenters. The van der Waals surface area contributed by atoms with E-state index in [2.05, 4.69) is 21.2 Å². The highest BCUT2D eigenvalue weighted by atomic mass is 79.9. The average molecular weight is 419 g/mol. The van der Waals surface area contributed by atoms with E-state index >= 15 is 0 Å². The van der Waals surface area contributed by atoms with Crippen LogP contribution in [0.4, 0.5) is 0 Å². The van der Waals surface area contributed by atoms with Gasteiger partial charge >= 0.3 is 0 Å². The number of hydrogen-bond donors (Lipinski definition) is 1. The van der Waals surface area contributed by atoms with Crippen LogP contribution in [-0.4, -0.2) is 47.0 Å². The molecule has 0 saturated carbocycles. The number of hydrogen-bond acceptors (Lipinski definition) is 3. The van der Waals surface area contributed by atoms with Gasteiger partial charge < -0.3 is 19.2 Å². The Hall–Kier alpha value is -2.12. The molecule has 6 nitrogen and oxygen atoms in total. The quantitative estimate of drug-likeness (QED) is 0.640. The Morgan fingerprint density at radius 1 is 1.19 bits per heavy atom. The molecule has 3 aromatic rings. The molecule has 0 fully saturated rings. The zero-order valence-electron chi connectivity index (χ0n) is 15.0. The number of amides is 1.